The summed E-state index contributed by atoms with van der Waals surface area (Å²) >= 11 is 0. The van der Waals surface area contributed by atoms with Crippen LogP contribution in [0.1, 0.15) is 51.4 Å². The molecule has 0 aromatic heterocycles. The smallest absolute Gasteiger partial charge is 0.241 e. The van der Waals surface area contributed by atoms with Gasteiger partial charge >= 0.3 is 0 Å². The molecular formula is C25H36N4O5S2. The van der Waals surface area contributed by atoms with E-state index >= 15 is 0 Å². The number of hydrogen-bond acceptors (Lipinski definition) is 7. The zero-order valence-corrected chi connectivity index (χ0v) is 22.4. The molecule has 5 aliphatic rings. The van der Waals surface area contributed by atoms with Crippen LogP contribution in [-0.4, -0.2) is 77.4 Å². The molecule has 1 saturated heterocycles. The van der Waals surface area contributed by atoms with E-state index in [9.17, 15) is 21.6 Å². The van der Waals surface area contributed by atoms with Crippen molar-refractivity contribution in [2.24, 2.45) is 16.8 Å². The fraction of sp³-hybridized carbons (Fsp3) is 0.680. The predicted molar refractivity (Wildman–Crippen MR) is 137 cm³/mol. The molecule has 11 heteroatoms. The molecule has 2 N–H and O–H groups in total. The second-order valence-corrected chi connectivity index (χ2v) is 15.2. The van der Waals surface area contributed by atoms with E-state index in [0.717, 1.165) is 57.7 Å². The molecule has 0 radical (unpaired) electrons. The SMILES string of the molecule is C=NCC1CCCN1C(=O)CNC12CC3CC(C1)CC(NS(=O)(=O)c1ccc(S(C)(=O)=O)cc1)(C3)C2. The van der Waals surface area contributed by atoms with Gasteiger partial charge in [0.15, 0.2) is 9.84 Å². The third-order valence-electron chi connectivity index (χ3n) is 8.63. The van der Waals surface area contributed by atoms with Gasteiger partial charge in [0, 0.05) is 23.9 Å². The van der Waals surface area contributed by atoms with Crippen molar-refractivity contribution < 1.29 is 21.6 Å². The van der Waals surface area contributed by atoms with Crippen LogP contribution in [-0.2, 0) is 24.7 Å². The molecule has 3 unspecified atom stereocenters. The van der Waals surface area contributed by atoms with Gasteiger partial charge in [0.1, 0.15) is 0 Å². The fourth-order valence-corrected chi connectivity index (χ4v) is 9.72. The van der Waals surface area contributed by atoms with Crippen molar-refractivity contribution in [3.8, 4) is 0 Å². The molecule has 1 aliphatic heterocycles. The first-order valence-corrected chi connectivity index (χ1v) is 16.1. The molecule has 36 heavy (non-hydrogen) atoms. The minimum Gasteiger partial charge on any atom is -0.337 e. The molecule has 6 rings (SSSR count). The highest BCUT2D eigenvalue weighted by atomic mass is 32.2. The first-order chi connectivity index (χ1) is 16.9. The van der Waals surface area contributed by atoms with Gasteiger partial charge < -0.3 is 10.2 Å². The Morgan fingerprint density at radius 2 is 1.67 bits per heavy atom. The topological polar surface area (TPSA) is 125 Å². The largest absolute Gasteiger partial charge is 0.337 e. The van der Waals surface area contributed by atoms with Crippen molar-refractivity contribution in [1.82, 2.24) is 14.9 Å². The number of nitrogens with zero attached hydrogens (tertiary/aromatic N) is 2. The van der Waals surface area contributed by atoms with Crippen molar-refractivity contribution in [3.63, 3.8) is 0 Å². The fourth-order valence-electron chi connectivity index (χ4n) is 7.67. The maximum absolute atomic E-state index is 13.4. The summed E-state index contributed by atoms with van der Waals surface area (Å²) < 4.78 is 53.3. The summed E-state index contributed by atoms with van der Waals surface area (Å²) in [6, 6.07) is 5.52. The zero-order valence-electron chi connectivity index (χ0n) is 20.8. The van der Waals surface area contributed by atoms with E-state index in [4.69, 9.17) is 0 Å². The van der Waals surface area contributed by atoms with E-state index in [2.05, 4.69) is 21.7 Å². The molecular weight excluding hydrogens is 500 g/mol. The number of hydrogen-bond donors (Lipinski definition) is 2. The number of carbonyl (C=O) groups excluding carboxylic acids is 1. The molecule has 3 atom stereocenters. The molecule has 4 bridgehead atoms. The number of nitrogens with one attached hydrogen (secondary N) is 2. The molecule has 1 amide bonds. The summed E-state index contributed by atoms with van der Waals surface area (Å²) in [5.41, 5.74) is -0.814. The number of carbonyl (C=O) groups is 1. The van der Waals surface area contributed by atoms with Gasteiger partial charge in [-0.25, -0.2) is 21.6 Å². The Labute approximate surface area is 214 Å². The van der Waals surface area contributed by atoms with Gasteiger partial charge in [0.25, 0.3) is 0 Å². The molecule has 1 aromatic rings. The van der Waals surface area contributed by atoms with Gasteiger partial charge in [-0.1, -0.05) is 0 Å². The van der Waals surface area contributed by atoms with E-state index in [1.807, 2.05) is 4.90 Å². The van der Waals surface area contributed by atoms with E-state index in [1.165, 1.54) is 24.3 Å². The molecule has 0 spiro atoms. The summed E-state index contributed by atoms with van der Waals surface area (Å²) in [7, 11) is -7.24. The normalized spacial score (nSPS) is 33.7. The summed E-state index contributed by atoms with van der Waals surface area (Å²) in [4.78, 5) is 19.1. The van der Waals surface area contributed by atoms with Crippen LogP contribution in [0.15, 0.2) is 39.0 Å². The summed E-state index contributed by atoms with van der Waals surface area (Å²) in [6.07, 6.45) is 8.29. The predicted octanol–water partition coefficient (Wildman–Crippen LogP) is 1.74. The van der Waals surface area contributed by atoms with Crippen molar-refractivity contribution in [1.29, 1.82) is 0 Å². The second-order valence-electron chi connectivity index (χ2n) is 11.5. The summed E-state index contributed by atoms with van der Waals surface area (Å²) in [5.74, 6) is 0.903. The Kier molecular flexibility index (Phi) is 6.58. The summed E-state index contributed by atoms with van der Waals surface area (Å²) in [6.45, 7) is 5.15. The lowest BCUT2D eigenvalue weighted by Crippen LogP contribution is -2.69. The van der Waals surface area contributed by atoms with Crippen LogP contribution in [0.2, 0.25) is 0 Å². The van der Waals surface area contributed by atoms with Gasteiger partial charge in [0.05, 0.1) is 28.9 Å². The molecule has 9 nitrogen and oxygen atoms in total. The van der Waals surface area contributed by atoms with Crippen LogP contribution in [0.5, 0.6) is 0 Å². The van der Waals surface area contributed by atoms with Crippen LogP contribution < -0.4 is 10.0 Å². The number of sulfonamides is 1. The first kappa shape index (κ1) is 25.8. The molecule has 1 heterocycles. The van der Waals surface area contributed by atoms with Gasteiger partial charge in [-0.3, -0.25) is 9.79 Å². The number of amides is 1. The highest BCUT2D eigenvalue weighted by Gasteiger charge is 2.58. The zero-order chi connectivity index (χ0) is 25.8. The molecule has 4 saturated carbocycles. The Bertz CT molecular complexity index is 1230. The van der Waals surface area contributed by atoms with Crippen molar-refractivity contribution in [3.05, 3.63) is 24.3 Å². The van der Waals surface area contributed by atoms with E-state index in [1.54, 1.807) is 0 Å². The van der Waals surface area contributed by atoms with Crippen molar-refractivity contribution >= 4 is 32.5 Å². The lowest BCUT2D eigenvalue weighted by Gasteiger charge is -2.62. The van der Waals surface area contributed by atoms with E-state index < -0.39 is 25.4 Å². The molecule has 198 valence electrons. The number of likely N-dealkylation sites (tertiary alicyclic amines) is 1. The Hall–Kier alpha value is -1.82. The third kappa shape index (κ3) is 4.99. The minimum absolute atomic E-state index is 0.0683. The third-order valence-corrected chi connectivity index (χ3v) is 11.3. The second kappa shape index (κ2) is 9.18. The number of aliphatic imine (C=N–C) groups is 1. The first-order valence-electron chi connectivity index (χ1n) is 12.7. The van der Waals surface area contributed by atoms with Crippen LogP contribution in [0.3, 0.4) is 0 Å². The van der Waals surface area contributed by atoms with Gasteiger partial charge in [-0.05, 0) is 94.2 Å². The number of rotatable bonds is 9. The quantitative estimate of drug-likeness (QED) is 0.463. The van der Waals surface area contributed by atoms with Crippen LogP contribution in [0, 0.1) is 11.8 Å². The lowest BCUT2D eigenvalue weighted by atomic mass is 9.50. The highest BCUT2D eigenvalue weighted by molar-refractivity contribution is 7.90. The number of sulfone groups is 1. The van der Waals surface area contributed by atoms with Gasteiger partial charge in [0.2, 0.25) is 15.9 Å². The molecule has 5 fully saturated rings. The van der Waals surface area contributed by atoms with E-state index in [-0.39, 0.29) is 33.8 Å². The average molecular weight is 537 g/mol. The van der Waals surface area contributed by atoms with E-state index in [0.29, 0.717) is 24.8 Å². The van der Waals surface area contributed by atoms with Crippen molar-refractivity contribution in [2.45, 2.75) is 78.3 Å². The summed E-state index contributed by atoms with van der Waals surface area (Å²) in [5, 5.41) is 3.60. The van der Waals surface area contributed by atoms with Crippen molar-refractivity contribution in [2.75, 3.05) is 25.9 Å². The Morgan fingerprint density at radius 1 is 1.06 bits per heavy atom. The molecule has 1 aromatic carbocycles. The monoisotopic (exact) mass is 536 g/mol. The van der Waals surface area contributed by atoms with Crippen LogP contribution in [0.25, 0.3) is 0 Å². The van der Waals surface area contributed by atoms with Gasteiger partial charge in [-0.2, -0.15) is 0 Å². The maximum atomic E-state index is 13.4. The standard InChI is InChI=1S/C25H36N4O5S2/c1-26-15-20-4-3-9-29(20)23(30)16-27-24-11-18-10-19(12-24)14-25(13-18,17-24)28-36(33,34)22-7-5-21(6-8-22)35(2,31)32/h5-8,18-20,27-28H,1,3-4,9-17H2,2H3. The van der Waals surface area contributed by atoms with Gasteiger partial charge in [-0.15, -0.1) is 0 Å². The minimum atomic E-state index is -3.83. The van der Waals surface area contributed by atoms with Crippen LogP contribution in [0.4, 0.5) is 0 Å². The number of benzene rings is 1. The maximum Gasteiger partial charge on any atom is 0.241 e. The molecule has 4 aliphatic carbocycles. The average Bonchev–Trinajstić information content (AvgIpc) is 3.24. The highest BCUT2D eigenvalue weighted by Crippen LogP contribution is 2.57. The lowest BCUT2D eigenvalue weighted by molar-refractivity contribution is -0.132. The Morgan fingerprint density at radius 3 is 2.28 bits per heavy atom. The Balaban J connectivity index is 1.31. The van der Waals surface area contributed by atoms with Crippen LogP contribution >= 0.6 is 0 Å².